The first-order valence-electron chi connectivity index (χ1n) is 5.33. The molecule has 1 aromatic carbocycles. The molecule has 0 spiro atoms. The topological polar surface area (TPSA) is 61.5 Å². The van der Waals surface area contributed by atoms with Crippen LogP contribution in [0.25, 0.3) is 0 Å². The van der Waals surface area contributed by atoms with Crippen molar-refractivity contribution in [2.45, 2.75) is 19.4 Å². The number of rotatable bonds is 5. The van der Waals surface area contributed by atoms with E-state index in [4.69, 9.17) is 15.2 Å². The maximum absolute atomic E-state index is 13.2. The van der Waals surface area contributed by atoms with Gasteiger partial charge in [0, 0.05) is 6.04 Å². The van der Waals surface area contributed by atoms with Crippen LogP contribution in [0.1, 0.15) is 24.9 Å². The highest BCUT2D eigenvalue weighted by molar-refractivity contribution is 5.85. The Kier molecular flexibility index (Phi) is 7.31. The lowest BCUT2D eigenvalue weighted by atomic mass is 10.0. The summed E-state index contributed by atoms with van der Waals surface area (Å²) in [6, 6.07) is 3.75. The third-order valence-corrected chi connectivity index (χ3v) is 2.30. The molecule has 0 aromatic heterocycles. The van der Waals surface area contributed by atoms with Crippen LogP contribution in [0, 0.1) is 5.82 Å². The van der Waals surface area contributed by atoms with E-state index in [2.05, 4.69) is 0 Å². The minimum atomic E-state index is -0.524. The van der Waals surface area contributed by atoms with E-state index >= 15 is 0 Å². The Balaban J connectivity index is 0.00000289. The fraction of sp³-hybridized carbons (Fsp3) is 0.417. The number of ether oxygens (including phenoxy) is 2. The predicted octanol–water partition coefficient (Wildman–Crippen LogP) is 2.21. The zero-order valence-corrected chi connectivity index (χ0v) is 11.1. The molecule has 0 aliphatic heterocycles. The second-order valence-corrected chi connectivity index (χ2v) is 3.51. The Morgan fingerprint density at radius 1 is 1.50 bits per heavy atom. The Morgan fingerprint density at radius 3 is 2.72 bits per heavy atom. The summed E-state index contributed by atoms with van der Waals surface area (Å²) in [6.07, 6.45) is 0.0582. The maximum atomic E-state index is 13.2. The van der Waals surface area contributed by atoms with E-state index in [0.29, 0.717) is 12.2 Å². The highest BCUT2D eigenvalue weighted by Crippen LogP contribution is 2.23. The van der Waals surface area contributed by atoms with Gasteiger partial charge in [0.1, 0.15) is 0 Å². The number of nitrogens with two attached hydrogens (primary N) is 1. The summed E-state index contributed by atoms with van der Waals surface area (Å²) in [7, 11) is 1.37. The van der Waals surface area contributed by atoms with Crippen molar-refractivity contribution in [1.29, 1.82) is 0 Å². The lowest BCUT2D eigenvalue weighted by Crippen LogP contribution is -2.17. The van der Waals surface area contributed by atoms with Gasteiger partial charge in [-0.3, -0.25) is 4.79 Å². The molecular weight excluding hydrogens is 261 g/mol. The number of benzene rings is 1. The van der Waals surface area contributed by atoms with E-state index in [0.717, 1.165) is 0 Å². The number of hydrogen-bond acceptors (Lipinski definition) is 4. The Morgan fingerprint density at radius 2 is 2.17 bits per heavy atom. The third kappa shape index (κ3) is 4.50. The van der Waals surface area contributed by atoms with Gasteiger partial charge in [0.05, 0.1) is 20.1 Å². The molecule has 0 heterocycles. The average molecular weight is 278 g/mol. The molecule has 0 bridgehead atoms. The van der Waals surface area contributed by atoms with Gasteiger partial charge in [-0.2, -0.15) is 0 Å². The number of carbonyl (C=O) groups excluding carboxylic acids is 1. The molecule has 2 N–H and O–H groups in total. The summed E-state index contributed by atoms with van der Waals surface area (Å²) in [5, 5.41) is 0. The van der Waals surface area contributed by atoms with Crippen molar-refractivity contribution < 1.29 is 18.7 Å². The molecule has 0 aliphatic rings. The van der Waals surface area contributed by atoms with Crippen LogP contribution in [0.2, 0.25) is 0 Å². The average Bonchev–Trinajstić information content (AvgIpc) is 2.29. The van der Waals surface area contributed by atoms with Crippen LogP contribution in [-0.2, 0) is 9.53 Å². The monoisotopic (exact) mass is 277 g/mol. The van der Waals surface area contributed by atoms with Crippen LogP contribution in [0.5, 0.6) is 5.75 Å². The molecule has 4 nitrogen and oxygen atoms in total. The summed E-state index contributed by atoms with van der Waals surface area (Å²) < 4.78 is 22.8. The molecule has 6 heteroatoms. The minimum Gasteiger partial charge on any atom is -0.494 e. The Labute approximate surface area is 112 Å². The van der Waals surface area contributed by atoms with Gasteiger partial charge in [-0.25, -0.2) is 4.39 Å². The predicted molar refractivity (Wildman–Crippen MR) is 68.4 cm³/mol. The van der Waals surface area contributed by atoms with Crippen LogP contribution in [0.15, 0.2) is 18.2 Å². The van der Waals surface area contributed by atoms with E-state index in [9.17, 15) is 9.18 Å². The number of halogens is 2. The van der Waals surface area contributed by atoms with Crippen LogP contribution >= 0.6 is 12.4 Å². The van der Waals surface area contributed by atoms with Gasteiger partial charge in [0.25, 0.3) is 0 Å². The molecule has 0 fully saturated rings. The molecule has 18 heavy (non-hydrogen) atoms. The normalized spacial score (nSPS) is 11.3. The second-order valence-electron chi connectivity index (χ2n) is 3.51. The molecule has 0 amide bonds. The SMILES string of the molecule is CCOC(=O)C[C@H](N)c1ccc(F)c(OC)c1.Cl. The molecular formula is C12H17ClFNO3. The van der Waals surface area contributed by atoms with E-state index in [1.165, 1.54) is 25.3 Å². The van der Waals surface area contributed by atoms with Crippen molar-refractivity contribution in [2.24, 2.45) is 5.73 Å². The standard InChI is InChI=1S/C12H16FNO3.ClH/c1-3-17-12(15)7-10(14)8-4-5-9(13)11(6-8)16-2;/h4-6,10H,3,7,14H2,1-2H3;1H/t10-;/m0./s1. The molecule has 1 rings (SSSR count). The van der Waals surface area contributed by atoms with Crippen molar-refractivity contribution in [3.63, 3.8) is 0 Å². The zero-order valence-electron chi connectivity index (χ0n) is 10.3. The fourth-order valence-corrected chi connectivity index (χ4v) is 1.42. The highest BCUT2D eigenvalue weighted by atomic mass is 35.5. The second kappa shape index (κ2) is 7.89. The van der Waals surface area contributed by atoms with Gasteiger partial charge in [-0.1, -0.05) is 6.07 Å². The van der Waals surface area contributed by atoms with Gasteiger partial charge in [0.2, 0.25) is 0 Å². The van der Waals surface area contributed by atoms with Gasteiger partial charge >= 0.3 is 5.97 Å². The number of hydrogen-bond donors (Lipinski definition) is 1. The molecule has 1 aromatic rings. The lowest BCUT2D eigenvalue weighted by molar-refractivity contribution is -0.143. The first kappa shape index (κ1) is 16.7. The molecule has 102 valence electrons. The molecule has 1 atom stereocenters. The van der Waals surface area contributed by atoms with E-state index in [1.54, 1.807) is 6.92 Å². The van der Waals surface area contributed by atoms with Gasteiger partial charge in [-0.15, -0.1) is 12.4 Å². The maximum Gasteiger partial charge on any atom is 0.307 e. The number of carbonyl (C=O) groups is 1. The summed E-state index contributed by atoms with van der Waals surface area (Å²) >= 11 is 0. The molecule has 0 aliphatic carbocycles. The Hall–Kier alpha value is -1.33. The fourth-order valence-electron chi connectivity index (χ4n) is 1.42. The number of methoxy groups -OCH3 is 1. The molecule has 0 saturated carbocycles. The molecule has 0 radical (unpaired) electrons. The van der Waals surface area contributed by atoms with Gasteiger partial charge in [0.15, 0.2) is 11.6 Å². The summed E-state index contributed by atoms with van der Waals surface area (Å²) in [5.41, 5.74) is 6.46. The number of esters is 1. The first-order chi connectivity index (χ1) is 8.08. The van der Waals surface area contributed by atoms with Crippen LogP contribution in [-0.4, -0.2) is 19.7 Å². The Bertz CT molecular complexity index is 401. The van der Waals surface area contributed by atoms with Crippen molar-refractivity contribution in [1.82, 2.24) is 0 Å². The lowest BCUT2D eigenvalue weighted by Gasteiger charge is -2.12. The van der Waals surface area contributed by atoms with E-state index in [-0.39, 0.29) is 30.5 Å². The summed E-state index contributed by atoms with van der Waals surface area (Å²) in [4.78, 5) is 11.2. The van der Waals surface area contributed by atoms with Crippen molar-refractivity contribution in [3.8, 4) is 5.75 Å². The quantitative estimate of drug-likeness (QED) is 0.838. The van der Waals surface area contributed by atoms with Crippen LogP contribution in [0.3, 0.4) is 0 Å². The van der Waals surface area contributed by atoms with Gasteiger partial charge in [-0.05, 0) is 24.6 Å². The summed E-state index contributed by atoms with van der Waals surface area (Å²) in [6.45, 7) is 2.04. The zero-order chi connectivity index (χ0) is 12.8. The van der Waals surface area contributed by atoms with Crippen LogP contribution in [0.4, 0.5) is 4.39 Å². The highest BCUT2D eigenvalue weighted by Gasteiger charge is 2.14. The minimum absolute atomic E-state index is 0. The smallest absolute Gasteiger partial charge is 0.307 e. The van der Waals surface area contributed by atoms with Crippen molar-refractivity contribution >= 4 is 18.4 Å². The third-order valence-electron chi connectivity index (χ3n) is 2.30. The largest absolute Gasteiger partial charge is 0.494 e. The van der Waals surface area contributed by atoms with E-state index < -0.39 is 11.9 Å². The molecule has 0 saturated heterocycles. The summed E-state index contributed by atoms with van der Waals surface area (Å²) in [5.74, 6) is -0.718. The van der Waals surface area contributed by atoms with Crippen LogP contribution < -0.4 is 10.5 Å². The van der Waals surface area contributed by atoms with Crippen molar-refractivity contribution in [2.75, 3.05) is 13.7 Å². The molecule has 0 unspecified atom stereocenters. The first-order valence-corrected chi connectivity index (χ1v) is 5.33. The van der Waals surface area contributed by atoms with Gasteiger partial charge < -0.3 is 15.2 Å². The van der Waals surface area contributed by atoms with Crippen molar-refractivity contribution in [3.05, 3.63) is 29.6 Å². The van der Waals surface area contributed by atoms with E-state index in [1.807, 2.05) is 0 Å².